The van der Waals surface area contributed by atoms with Gasteiger partial charge in [0.15, 0.2) is 0 Å². The zero-order chi connectivity index (χ0) is 14.7. The maximum atomic E-state index is 5.91. The van der Waals surface area contributed by atoms with Crippen LogP contribution in [0.15, 0.2) is 26.6 Å². The van der Waals surface area contributed by atoms with Gasteiger partial charge in [-0.2, -0.15) is 0 Å². The molecule has 1 heterocycles. The molecule has 108 valence electrons. The lowest BCUT2D eigenvalue weighted by Gasteiger charge is -2.19. The number of nitrogens with two attached hydrogens (primary N) is 2. The van der Waals surface area contributed by atoms with Crippen LogP contribution in [0.2, 0.25) is 0 Å². The van der Waals surface area contributed by atoms with Crippen LogP contribution in [0.4, 0.5) is 0 Å². The quantitative estimate of drug-likeness (QED) is 0.863. The van der Waals surface area contributed by atoms with E-state index in [1.54, 1.807) is 14.2 Å². The highest BCUT2D eigenvalue weighted by atomic mass is 79.9. The number of benzene rings is 1. The summed E-state index contributed by atoms with van der Waals surface area (Å²) in [6, 6.07) is 3.89. The van der Waals surface area contributed by atoms with Gasteiger partial charge in [0.1, 0.15) is 21.8 Å². The molecule has 1 aromatic carbocycles. The van der Waals surface area contributed by atoms with Crippen LogP contribution < -0.4 is 20.9 Å². The molecule has 0 saturated carbocycles. The van der Waals surface area contributed by atoms with E-state index in [1.165, 1.54) is 0 Å². The Labute approximate surface area is 126 Å². The summed E-state index contributed by atoms with van der Waals surface area (Å²) in [4.78, 5) is 8.13. The Morgan fingerprint density at radius 1 is 1.25 bits per heavy atom. The highest BCUT2D eigenvalue weighted by Crippen LogP contribution is 2.36. The molecule has 0 saturated heterocycles. The number of guanidine groups is 1. The zero-order valence-electron chi connectivity index (χ0n) is 11.4. The number of methoxy groups -OCH3 is 2. The predicted molar refractivity (Wildman–Crippen MR) is 82.6 cm³/mol. The van der Waals surface area contributed by atoms with Crippen LogP contribution in [-0.2, 0) is 6.42 Å². The number of ether oxygens (including phenoxy) is 2. The monoisotopic (exact) mass is 340 g/mol. The van der Waals surface area contributed by atoms with Gasteiger partial charge in [-0.25, -0.2) is 4.99 Å². The van der Waals surface area contributed by atoms with Gasteiger partial charge >= 0.3 is 0 Å². The standard InChI is InChI=1S/C13H17BrN4O2/c1-19-9-4-7(5-10(20-2)11(9)14)3-8-6-17-13(16)18-12(8)15/h4-5,8H,3,6H2,1-2H3,(H4,15,16,17,18). The van der Waals surface area contributed by atoms with Gasteiger partial charge in [0, 0.05) is 5.92 Å². The van der Waals surface area contributed by atoms with Gasteiger partial charge in [0.05, 0.1) is 20.8 Å². The summed E-state index contributed by atoms with van der Waals surface area (Å²) in [6.45, 7) is 0.544. The van der Waals surface area contributed by atoms with Gasteiger partial charge in [-0.15, -0.1) is 0 Å². The molecule has 0 aromatic heterocycles. The zero-order valence-corrected chi connectivity index (χ0v) is 13.0. The molecule has 0 spiro atoms. The molecular weight excluding hydrogens is 324 g/mol. The highest BCUT2D eigenvalue weighted by molar-refractivity contribution is 9.10. The molecule has 0 amide bonds. The average molecular weight is 341 g/mol. The van der Waals surface area contributed by atoms with Crippen LogP contribution >= 0.6 is 15.9 Å². The summed E-state index contributed by atoms with van der Waals surface area (Å²) in [5, 5.41) is 0. The van der Waals surface area contributed by atoms with Crippen molar-refractivity contribution in [2.45, 2.75) is 6.42 Å². The fourth-order valence-electron chi connectivity index (χ4n) is 2.05. The van der Waals surface area contributed by atoms with Crippen LogP contribution in [0.5, 0.6) is 11.5 Å². The second-order valence-corrected chi connectivity index (χ2v) is 5.24. The van der Waals surface area contributed by atoms with Gasteiger partial charge in [-0.3, -0.25) is 4.99 Å². The first kappa shape index (κ1) is 14.6. The molecule has 20 heavy (non-hydrogen) atoms. The molecule has 1 aliphatic heterocycles. The number of halogens is 1. The van der Waals surface area contributed by atoms with E-state index >= 15 is 0 Å². The minimum Gasteiger partial charge on any atom is -0.495 e. The van der Waals surface area contributed by atoms with E-state index in [-0.39, 0.29) is 11.9 Å². The molecule has 7 heteroatoms. The molecule has 1 atom stereocenters. The summed E-state index contributed by atoms with van der Waals surface area (Å²) in [7, 11) is 3.23. The van der Waals surface area contributed by atoms with E-state index in [0.29, 0.717) is 30.3 Å². The van der Waals surface area contributed by atoms with Crippen molar-refractivity contribution in [1.82, 2.24) is 0 Å². The lowest BCUT2D eigenvalue weighted by atomic mass is 9.97. The summed E-state index contributed by atoms with van der Waals surface area (Å²) in [6.07, 6.45) is 0.701. The van der Waals surface area contributed by atoms with Gasteiger partial charge in [-0.1, -0.05) is 0 Å². The predicted octanol–water partition coefficient (Wildman–Crippen LogP) is 1.31. The molecule has 0 bridgehead atoms. The van der Waals surface area contributed by atoms with E-state index in [4.69, 9.17) is 20.9 Å². The first-order chi connectivity index (χ1) is 9.55. The van der Waals surface area contributed by atoms with Crippen molar-refractivity contribution in [2.24, 2.45) is 27.4 Å². The SMILES string of the molecule is COc1cc(CC2CN=C(N)N=C2N)cc(OC)c1Br. The number of rotatable bonds is 4. The third-order valence-corrected chi connectivity index (χ3v) is 3.90. The van der Waals surface area contributed by atoms with Crippen molar-refractivity contribution < 1.29 is 9.47 Å². The molecule has 0 fully saturated rings. The largest absolute Gasteiger partial charge is 0.495 e. The van der Waals surface area contributed by atoms with Gasteiger partial charge < -0.3 is 20.9 Å². The molecule has 1 unspecified atom stereocenters. The molecule has 1 aromatic rings. The van der Waals surface area contributed by atoms with Crippen LogP contribution in [0.3, 0.4) is 0 Å². The Hall–Kier alpha value is -1.76. The molecule has 0 radical (unpaired) electrons. The molecular formula is C13H17BrN4O2. The maximum Gasteiger partial charge on any atom is 0.217 e. The van der Waals surface area contributed by atoms with Crippen LogP contribution in [-0.4, -0.2) is 32.6 Å². The Kier molecular flexibility index (Phi) is 4.49. The van der Waals surface area contributed by atoms with Crippen LogP contribution in [0.1, 0.15) is 5.56 Å². The normalized spacial score (nSPS) is 18.2. The summed E-state index contributed by atoms with van der Waals surface area (Å²) in [5.74, 6) is 2.23. The average Bonchev–Trinajstić information content (AvgIpc) is 2.43. The second kappa shape index (κ2) is 6.13. The third kappa shape index (κ3) is 3.04. The Morgan fingerprint density at radius 3 is 2.35 bits per heavy atom. The van der Waals surface area contributed by atoms with Crippen molar-refractivity contribution in [1.29, 1.82) is 0 Å². The highest BCUT2D eigenvalue weighted by Gasteiger charge is 2.20. The van der Waals surface area contributed by atoms with Gasteiger partial charge in [-0.05, 0) is 40.0 Å². The summed E-state index contributed by atoms with van der Waals surface area (Å²) >= 11 is 3.44. The Bertz CT molecular complexity index is 546. The molecule has 6 nitrogen and oxygen atoms in total. The topological polar surface area (TPSA) is 95.2 Å². The first-order valence-electron chi connectivity index (χ1n) is 6.09. The number of aliphatic imine (C=N–C) groups is 2. The lowest BCUT2D eigenvalue weighted by molar-refractivity contribution is 0.388. The van der Waals surface area contributed by atoms with Crippen molar-refractivity contribution in [2.75, 3.05) is 20.8 Å². The number of hydrogen-bond donors (Lipinski definition) is 2. The molecule has 0 aliphatic carbocycles. The first-order valence-corrected chi connectivity index (χ1v) is 6.88. The fraction of sp³-hybridized carbons (Fsp3) is 0.385. The summed E-state index contributed by atoms with van der Waals surface area (Å²) in [5.41, 5.74) is 12.5. The Morgan fingerprint density at radius 2 is 1.85 bits per heavy atom. The van der Waals surface area contributed by atoms with Crippen LogP contribution in [0, 0.1) is 5.92 Å². The number of hydrogen-bond acceptors (Lipinski definition) is 6. The van der Waals surface area contributed by atoms with Crippen LogP contribution in [0.25, 0.3) is 0 Å². The fourth-order valence-corrected chi connectivity index (χ4v) is 2.60. The lowest BCUT2D eigenvalue weighted by Crippen LogP contribution is -2.34. The maximum absolute atomic E-state index is 5.91. The Balaban J connectivity index is 2.24. The van der Waals surface area contributed by atoms with E-state index in [2.05, 4.69) is 25.9 Å². The molecule has 2 rings (SSSR count). The van der Waals surface area contributed by atoms with Crippen molar-refractivity contribution >= 4 is 27.7 Å². The minimum absolute atomic E-state index is 0.0397. The number of nitrogens with zero attached hydrogens (tertiary/aromatic N) is 2. The molecule has 4 N–H and O–H groups in total. The van der Waals surface area contributed by atoms with Crippen molar-refractivity contribution in [3.8, 4) is 11.5 Å². The smallest absolute Gasteiger partial charge is 0.217 e. The van der Waals surface area contributed by atoms with Crippen molar-refractivity contribution in [3.05, 3.63) is 22.2 Å². The number of amidine groups is 1. The second-order valence-electron chi connectivity index (χ2n) is 4.45. The minimum atomic E-state index is 0.0397. The molecule has 1 aliphatic rings. The van der Waals surface area contributed by atoms with Gasteiger partial charge in [0.25, 0.3) is 0 Å². The van der Waals surface area contributed by atoms with E-state index in [1.807, 2.05) is 12.1 Å². The van der Waals surface area contributed by atoms with Gasteiger partial charge in [0.2, 0.25) is 5.96 Å². The van der Waals surface area contributed by atoms with E-state index < -0.39 is 0 Å². The third-order valence-electron chi connectivity index (χ3n) is 3.12. The van der Waals surface area contributed by atoms with E-state index in [9.17, 15) is 0 Å². The van der Waals surface area contributed by atoms with E-state index in [0.717, 1.165) is 10.0 Å². The summed E-state index contributed by atoms with van der Waals surface area (Å²) < 4.78 is 11.4. The van der Waals surface area contributed by atoms with Crippen molar-refractivity contribution in [3.63, 3.8) is 0 Å².